The number of carbonyl (C=O) groups is 3. The topological polar surface area (TPSA) is 106 Å². The molecular weight excluding hydrogens is 522 g/mol. The molecule has 3 fully saturated rings. The van der Waals surface area contributed by atoms with Crippen LogP contribution in [0.1, 0.15) is 59.5 Å². The first-order valence-corrected chi connectivity index (χ1v) is 14.6. The van der Waals surface area contributed by atoms with Crippen LogP contribution in [0, 0.1) is 5.92 Å². The second-order valence-electron chi connectivity index (χ2n) is 10.9. The molecule has 9 nitrogen and oxygen atoms in total. The summed E-state index contributed by atoms with van der Waals surface area (Å²) in [7, 11) is 0. The van der Waals surface area contributed by atoms with E-state index in [1.807, 2.05) is 17.0 Å². The highest BCUT2D eigenvalue weighted by Gasteiger charge is 2.23. The Morgan fingerprint density at radius 2 is 1.66 bits per heavy atom. The zero-order valence-corrected chi connectivity index (χ0v) is 23.4. The van der Waals surface area contributed by atoms with Gasteiger partial charge in [0.2, 0.25) is 0 Å². The van der Waals surface area contributed by atoms with Crippen molar-refractivity contribution in [3.05, 3.63) is 70.9 Å². The molecule has 9 heteroatoms. The zero-order chi connectivity index (χ0) is 28.4. The van der Waals surface area contributed by atoms with Gasteiger partial charge in [0.1, 0.15) is 18.1 Å². The van der Waals surface area contributed by atoms with E-state index in [-0.39, 0.29) is 31.4 Å². The van der Waals surface area contributed by atoms with Crippen LogP contribution in [0.4, 0.5) is 0 Å². The van der Waals surface area contributed by atoms with Crippen molar-refractivity contribution in [2.75, 3.05) is 52.6 Å². The highest BCUT2D eigenvalue weighted by Crippen LogP contribution is 2.40. The minimum Gasteiger partial charge on any atom is -0.494 e. The Labute approximate surface area is 241 Å². The summed E-state index contributed by atoms with van der Waals surface area (Å²) in [5.41, 5.74) is 2.62. The molecule has 3 aliphatic rings. The number of morpholine rings is 1. The molecule has 1 heterocycles. The molecule has 2 aromatic carbocycles. The lowest BCUT2D eigenvalue weighted by Gasteiger charge is -2.25. The third kappa shape index (κ3) is 9.43. The molecule has 2 aromatic rings. The lowest BCUT2D eigenvalue weighted by atomic mass is 10.1. The van der Waals surface area contributed by atoms with Gasteiger partial charge in [-0.3, -0.25) is 19.3 Å². The summed E-state index contributed by atoms with van der Waals surface area (Å²) in [5.74, 6) is 0.928. The maximum Gasteiger partial charge on any atom is 0.320 e. The van der Waals surface area contributed by atoms with Gasteiger partial charge in [-0.15, -0.1) is 0 Å². The van der Waals surface area contributed by atoms with E-state index >= 15 is 0 Å². The maximum atomic E-state index is 13.1. The molecular formula is C32H39N3O6. The van der Waals surface area contributed by atoms with Crippen LogP contribution in [0.15, 0.2) is 54.2 Å². The van der Waals surface area contributed by atoms with Crippen LogP contribution in [0.3, 0.4) is 0 Å². The summed E-state index contributed by atoms with van der Waals surface area (Å²) in [6.45, 7) is 3.61. The molecule has 0 unspecified atom stereocenters. The van der Waals surface area contributed by atoms with Crippen molar-refractivity contribution in [1.29, 1.82) is 0 Å². The Kier molecular flexibility index (Phi) is 10.0. The average Bonchev–Trinajstić information content (AvgIpc) is 3.91. The number of rotatable bonds is 14. The predicted octanol–water partition coefficient (Wildman–Crippen LogP) is 3.51. The molecule has 0 radical (unpaired) electrons. The van der Waals surface area contributed by atoms with Crippen LogP contribution in [0.5, 0.6) is 5.75 Å². The van der Waals surface area contributed by atoms with Gasteiger partial charge in [-0.05, 0) is 72.6 Å². The van der Waals surface area contributed by atoms with Gasteiger partial charge in [-0.25, -0.2) is 0 Å². The third-order valence-corrected chi connectivity index (χ3v) is 7.50. The molecule has 218 valence electrons. The van der Waals surface area contributed by atoms with Crippen LogP contribution in [0.2, 0.25) is 0 Å². The number of ether oxygens (including phenoxy) is 3. The Bertz CT molecular complexity index is 1210. The second-order valence-corrected chi connectivity index (χ2v) is 10.9. The molecule has 0 aromatic heterocycles. The lowest BCUT2D eigenvalue weighted by molar-refractivity contribution is -0.146. The summed E-state index contributed by atoms with van der Waals surface area (Å²) in [6, 6.07) is 15.0. The van der Waals surface area contributed by atoms with E-state index < -0.39 is 11.8 Å². The summed E-state index contributed by atoms with van der Waals surface area (Å²) >= 11 is 0. The van der Waals surface area contributed by atoms with E-state index in [0.717, 1.165) is 23.7 Å². The minimum atomic E-state index is -0.464. The molecule has 0 atom stereocenters. The first-order valence-electron chi connectivity index (χ1n) is 14.6. The van der Waals surface area contributed by atoms with Crippen molar-refractivity contribution >= 4 is 23.9 Å². The van der Waals surface area contributed by atoms with E-state index in [1.165, 1.54) is 31.2 Å². The molecule has 0 bridgehead atoms. The van der Waals surface area contributed by atoms with Gasteiger partial charge < -0.3 is 24.8 Å². The Morgan fingerprint density at radius 3 is 2.34 bits per heavy atom. The highest BCUT2D eigenvalue weighted by atomic mass is 16.5. The van der Waals surface area contributed by atoms with Crippen molar-refractivity contribution in [1.82, 2.24) is 15.5 Å². The molecule has 0 spiro atoms. The number of hydrogen-bond acceptors (Lipinski definition) is 7. The van der Waals surface area contributed by atoms with Crippen LogP contribution in [-0.2, 0) is 19.1 Å². The predicted molar refractivity (Wildman–Crippen MR) is 154 cm³/mol. The van der Waals surface area contributed by atoms with E-state index in [2.05, 4.69) is 22.8 Å². The standard InChI is InChI=1S/C32H39N3O6/c36-30(22-35-15-19-39-20-16-35)41-18-14-33-32(38)29(21-24-3-5-25(6-4-24)26-7-8-26)34-31(37)27-9-11-28(12-10-27)40-17-13-23-1-2-23/h3-6,9-12,21,23,26H,1-2,7-8,13-20,22H2,(H,33,38)(H,34,37)/b29-21-. The molecule has 5 rings (SSSR count). The highest BCUT2D eigenvalue weighted by molar-refractivity contribution is 6.05. The van der Waals surface area contributed by atoms with E-state index in [0.29, 0.717) is 44.4 Å². The van der Waals surface area contributed by atoms with Crippen molar-refractivity contribution in [3.8, 4) is 5.75 Å². The Hall–Kier alpha value is -3.69. The number of benzene rings is 2. The summed E-state index contributed by atoms with van der Waals surface area (Å²) in [6.07, 6.45) is 7.71. The van der Waals surface area contributed by atoms with Crippen LogP contribution in [0.25, 0.3) is 6.08 Å². The smallest absolute Gasteiger partial charge is 0.320 e. The van der Waals surface area contributed by atoms with Crippen molar-refractivity contribution in [2.45, 2.75) is 38.0 Å². The number of amides is 2. The molecule has 1 aliphatic heterocycles. The summed E-state index contributed by atoms with van der Waals surface area (Å²) in [5, 5.41) is 5.52. The monoisotopic (exact) mass is 561 g/mol. The lowest BCUT2D eigenvalue weighted by Crippen LogP contribution is -2.40. The van der Waals surface area contributed by atoms with E-state index in [1.54, 1.807) is 30.3 Å². The van der Waals surface area contributed by atoms with E-state index in [9.17, 15) is 14.4 Å². The van der Waals surface area contributed by atoms with Crippen LogP contribution >= 0.6 is 0 Å². The van der Waals surface area contributed by atoms with Gasteiger partial charge in [-0.1, -0.05) is 37.1 Å². The first-order chi connectivity index (χ1) is 20.0. The van der Waals surface area contributed by atoms with Gasteiger partial charge in [0, 0.05) is 18.7 Å². The number of esters is 1. The van der Waals surface area contributed by atoms with Crippen LogP contribution in [-0.4, -0.2) is 75.3 Å². The van der Waals surface area contributed by atoms with Crippen molar-refractivity contribution in [2.24, 2.45) is 5.92 Å². The first kappa shape index (κ1) is 28.8. The third-order valence-electron chi connectivity index (χ3n) is 7.50. The van der Waals surface area contributed by atoms with E-state index in [4.69, 9.17) is 14.2 Å². The molecule has 2 amide bonds. The maximum absolute atomic E-state index is 13.1. The molecule has 2 N–H and O–H groups in total. The van der Waals surface area contributed by atoms with Crippen LogP contribution < -0.4 is 15.4 Å². The number of nitrogens with zero attached hydrogens (tertiary/aromatic N) is 1. The molecule has 2 saturated carbocycles. The normalized spacial score (nSPS) is 17.5. The Balaban J connectivity index is 1.16. The molecule has 1 saturated heterocycles. The molecule has 41 heavy (non-hydrogen) atoms. The fourth-order valence-corrected chi connectivity index (χ4v) is 4.67. The number of hydrogen-bond donors (Lipinski definition) is 2. The second kappa shape index (κ2) is 14.3. The van der Waals surface area contributed by atoms with Gasteiger partial charge in [0.25, 0.3) is 11.8 Å². The van der Waals surface area contributed by atoms with Gasteiger partial charge >= 0.3 is 5.97 Å². The number of nitrogens with one attached hydrogen (secondary N) is 2. The van der Waals surface area contributed by atoms with Gasteiger partial charge in [0.05, 0.1) is 32.9 Å². The minimum absolute atomic E-state index is 0.0361. The number of carbonyl (C=O) groups excluding carboxylic acids is 3. The Morgan fingerprint density at radius 1 is 0.927 bits per heavy atom. The fourth-order valence-electron chi connectivity index (χ4n) is 4.67. The average molecular weight is 562 g/mol. The largest absolute Gasteiger partial charge is 0.494 e. The zero-order valence-electron chi connectivity index (χ0n) is 23.4. The fraction of sp³-hybridized carbons (Fsp3) is 0.469. The van der Waals surface area contributed by atoms with Crippen molar-refractivity contribution in [3.63, 3.8) is 0 Å². The summed E-state index contributed by atoms with van der Waals surface area (Å²) in [4.78, 5) is 40.3. The van der Waals surface area contributed by atoms with Gasteiger partial charge in [-0.2, -0.15) is 0 Å². The SMILES string of the molecule is O=C(CN1CCOCC1)OCCNC(=O)/C(=C/c1ccc(C2CC2)cc1)NC(=O)c1ccc(OCCC2CC2)cc1. The molecule has 2 aliphatic carbocycles. The van der Waals surface area contributed by atoms with Gasteiger partial charge in [0.15, 0.2) is 0 Å². The van der Waals surface area contributed by atoms with Crippen molar-refractivity contribution < 1.29 is 28.6 Å². The summed E-state index contributed by atoms with van der Waals surface area (Å²) < 4.78 is 16.4. The quantitative estimate of drug-likeness (QED) is 0.207.